The maximum Gasteiger partial charge on any atom is 0.319 e. The van der Waals surface area contributed by atoms with Crippen molar-refractivity contribution >= 4 is 11.3 Å². The van der Waals surface area contributed by atoms with Gasteiger partial charge >= 0.3 is 12.3 Å². The fraction of sp³-hybridized carbons (Fsp3) is 0.636. The van der Waals surface area contributed by atoms with Crippen LogP contribution in [0.15, 0.2) is 12.1 Å². The maximum absolute atomic E-state index is 12.7. The van der Waals surface area contributed by atoms with Crippen molar-refractivity contribution in [2.75, 3.05) is 6.54 Å². The van der Waals surface area contributed by atoms with Crippen LogP contribution in [0.4, 0.5) is 17.6 Å². The Kier molecular flexibility index (Phi) is 4.94. The van der Waals surface area contributed by atoms with E-state index >= 15 is 0 Å². The zero-order chi connectivity index (χ0) is 13.1. The molecule has 1 rings (SSSR count). The van der Waals surface area contributed by atoms with Gasteiger partial charge in [0.25, 0.3) is 0 Å². The molecule has 0 radical (unpaired) electrons. The highest BCUT2D eigenvalue weighted by Gasteiger charge is 2.40. The molecule has 0 spiro atoms. The molecule has 0 bridgehead atoms. The van der Waals surface area contributed by atoms with E-state index in [4.69, 9.17) is 0 Å². The first-order chi connectivity index (χ1) is 7.86. The lowest BCUT2D eigenvalue weighted by Crippen LogP contribution is -2.39. The third-order valence-electron chi connectivity index (χ3n) is 2.42. The molecule has 0 aromatic carbocycles. The van der Waals surface area contributed by atoms with Gasteiger partial charge < -0.3 is 5.32 Å². The molecule has 0 saturated carbocycles. The van der Waals surface area contributed by atoms with Gasteiger partial charge in [-0.2, -0.15) is 8.78 Å². The van der Waals surface area contributed by atoms with Gasteiger partial charge in [0.05, 0.1) is 6.54 Å². The average Bonchev–Trinajstić information content (AvgIpc) is 2.74. The van der Waals surface area contributed by atoms with Crippen LogP contribution in [-0.2, 0) is 6.42 Å². The van der Waals surface area contributed by atoms with Gasteiger partial charge in [0.15, 0.2) is 0 Å². The van der Waals surface area contributed by atoms with Crippen LogP contribution in [0.1, 0.15) is 29.6 Å². The van der Waals surface area contributed by atoms with Crippen LogP contribution in [0, 0.1) is 0 Å². The van der Waals surface area contributed by atoms with E-state index in [0.717, 1.165) is 16.2 Å². The van der Waals surface area contributed by atoms with Crippen molar-refractivity contribution < 1.29 is 17.6 Å². The van der Waals surface area contributed by atoms with Crippen molar-refractivity contribution in [3.05, 3.63) is 21.9 Å². The number of hydrogen-bond acceptors (Lipinski definition) is 2. The van der Waals surface area contributed by atoms with E-state index in [9.17, 15) is 17.6 Å². The quantitative estimate of drug-likeness (QED) is 0.773. The molecule has 98 valence electrons. The van der Waals surface area contributed by atoms with Crippen LogP contribution in [0.3, 0.4) is 0 Å². The second-order valence-corrected chi connectivity index (χ2v) is 5.02. The zero-order valence-corrected chi connectivity index (χ0v) is 10.5. The fourth-order valence-electron chi connectivity index (χ4n) is 1.28. The number of nitrogens with one attached hydrogen (secondary N) is 1. The predicted molar refractivity (Wildman–Crippen MR) is 61.1 cm³/mol. The number of rotatable bonds is 6. The number of aryl methyl sites for hydroxylation is 1. The van der Waals surface area contributed by atoms with Crippen LogP contribution in [0.2, 0.25) is 0 Å². The third-order valence-corrected chi connectivity index (χ3v) is 3.83. The summed E-state index contributed by atoms with van der Waals surface area (Å²) in [5.41, 5.74) is 0. The summed E-state index contributed by atoms with van der Waals surface area (Å²) < 4.78 is 49.2. The van der Waals surface area contributed by atoms with Gasteiger partial charge in [-0.05, 0) is 25.5 Å². The second-order valence-electron chi connectivity index (χ2n) is 3.82. The molecular formula is C11H15F4NS. The van der Waals surface area contributed by atoms with E-state index in [0.29, 0.717) is 0 Å². The Morgan fingerprint density at radius 2 is 2.00 bits per heavy atom. The van der Waals surface area contributed by atoms with Crippen molar-refractivity contribution in [2.45, 2.75) is 38.7 Å². The molecule has 0 aliphatic carbocycles. The van der Waals surface area contributed by atoms with Crippen LogP contribution < -0.4 is 5.32 Å². The van der Waals surface area contributed by atoms with E-state index in [2.05, 4.69) is 5.32 Å². The summed E-state index contributed by atoms with van der Waals surface area (Å²) in [4.78, 5) is 2.03. The molecule has 1 unspecified atom stereocenters. The zero-order valence-electron chi connectivity index (χ0n) is 9.64. The van der Waals surface area contributed by atoms with Crippen LogP contribution in [-0.4, -0.2) is 18.9 Å². The number of thiophene rings is 1. The fourth-order valence-corrected chi connectivity index (χ4v) is 2.26. The van der Waals surface area contributed by atoms with Gasteiger partial charge in [0, 0.05) is 15.8 Å². The molecule has 1 aromatic rings. The van der Waals surface area contributed by atoms with Gasteiger partial charge in [-0.1, -0.05) is 6.92 Å². The molecule has 6 heteroatoms. The molecule has 0 aliphatic heterocycles. The summed E-state index contributed by atoms with van der Waals surface area (Å²) >= 11 is 1.51. The summed E-state index contributed by atoms with van der Waals surface area (Å²) in [6.45, 7) is 2.68. The monoisotopic (exact) mass is 269 g/mol. The Labute approximate surface area is 102 Å². The minimum absolute atomic E-state index is 0.343. The van der Waals surface area contributed by atoms with Crippen LogP contribution >= 0.6 is 11.3 Å². The Morgan fingerprint density at radius 3 is 2.47 bits per heavy atom. The number of alkyl halides is 4. The van der Waals surface area contributed by atoms with E-state index in [-0.39, 0.29) is 6.04 Å². The number of hydrogen-bond donors (Lipinski definition) is 1. The first-order valence-electron chi connectivity index (χ1n) is 5.34. The van der Waals surface area contributed by atoms with Gasteiger partial charge in [0.2, 0.25) is 0 Å². The lowest BCUT2D eigenvalue weighted by Gasteiger charge is -2.19. The molecule has 1 heterocycles. The summed E-state index contributed by atoms with van der Waals surface area (Å²) in [6.07, 6.45) is -2.75. The predicted octanol–water partition coefficient (Wildman–Crippen LogP) is 3.86. The molecule has 1 atom stereocenters. The average molecular weight is 269 g/mol. The Morgan fingerprint density at radius 1 is 1.35 bits per heavy atom. The van der Waals surface area contributed by atoms with Crippen molar-refractivity contribution in [2.24, 2.45) is 0 Å². The highest BCUT2D eigenvalue weighted by atomic mass is 32.1. The summed E-state index contributed by atoms with van der Waals surface area (Å²) in [7, 11) is 0. The summed E-state index contributed by atoms with van der Waals surface area (Å²) in [6, 6.07) is 3.41. The lowest BCUT2D eigenvalue weighted by atomic mass is 10.2. The van der Waals surface area contributed by atoms with Gasteiger partial charge in [-0.3, -0.25) is 0 Å². The van der Waals surface area contributed by atoms with Gasteiger partial charge in [-0.15, -0.1) is 11.3 Å². The molecule has 0 amide bonds. The molecule has 0 aliphatic rings. The van der Waals surface area contributed by atoms with E-state index in [1.54, 1.807) is 6.92 Å². The van der Waals surface area contributed by atoms with Crippen molar-refractivity contribution in [1.29, 1.82) is 0 Å². The first kappa shape index (κ1) is 14.4. The topological polar surface area (TPSA) is 12.0 Å². The number of halogens is 4. The molecule has 0 fully saturated rings. The molecule has 1 N–H and O–H groups in total. The molecule has 1 aromatic heterocycles. The minimum Gasteiger partial charge on any atom is -0.304 e. The standard InChI is InChI=1S/C11H15F4NS/c1-3-8-4-5-9(17-8)7(2)16-6-11(14,15)10(12)13/h4-5,7,10,16H,3,6H2,1-2H3. The van der Waals surface area contributed by atoms with Crippen LogP contribution in [0.5, 0.6) is 0 Å². The molecular weight excluding hydrogens is 254 g/mol. The SMILES string of the molecule is CCc1ccc(C(C)NCC(F)(F)C(F)F)s1. The lowest BCUT2D eigenvalue weighted by molar-refractivity contribution is -0.126. The Bertz CT molecular complexity index is 351. The summed E-state index contributed by atoms with van der Waals surface area (Å²) in [5.74, 6) is -3.97. The van der Waals surface area contributed by atoms with E-state index in [1.165, 1.54) is 11.3 Å². The van der Waals surface area contributed by atoms with Crippen molar-refractivity contribution in [3.63, 3.8) is 0 Å². The van der Waals surface area contributed by atoms with Crippen molar-refractivity contribution in [1.82, 2.24) is 5.32 Å². The normalized spacial score (nSPS) is 14.3. The van der Waals surface area contributed by atoms with Crippen LogP contribution in [0.25, 0.3) is 0 Å². The Balaban J connectivity index is 2.52. The molecule has 17 heavy (non-hydrogen) atoms. The second kappa shape index (κ2) is 5.82. The third kappa shape index (κ3) is 3.96. The molecule has 1 nitrogen and oxygen atoms in total. The maximum atomic E-state index is 12.7. The Hall–Kier alpha value is -0.620. The van der Waals surface area contributed by atoms with Crippen molar-refractivity contribution in [3.8, 4) is 0 Å². The van der Waals surface area contributed by atoms with E-state index < -0.39 is 18.9 Å². The van der Waals surface area contributed by atoms with Gasteiger partial charge in [-0.25, -0.2) is 8.78 Å². The van der Waals surface area contributed by atoms with E-state index in [1.807, 2.05) is 19.1 Å². The smallest absolute Gasteiger partial charge is 0.304 e. The minimum atomic E-state index is -3.97. The largest absolute Gasteiger partial charge is 0.319 e. The first-order valence-corrected chi connectivity index (χ1v) is 6.16. The summed E-state index contributed by atoms with van der Waals surface area (Å²) in [5, 5.41) is 2.44. The highest BCUT2D eigenvalue weighted by molar-refractivity contribution is 7.12. The highest BCUT2D eigenvalue weighted by Crippen LogP contribution is 2.26. The molecule has 0 saturated heterocycles. The van der Waals surface area contributed by atoms with Gasteiger partial charge in [0.1, 0.15) is 0 Å².